The zero-order valence-corrected chi connectivity index (χ0v) is 13.5. The van der Waals surface area contributed by atoms with Crippen LogP contribution >= 0.6 is 0 Å². The van der Waals surface area contributed by atoms with E-state index >= 15 is 0 Å². The zero-order chi connectivity index (χ0) is 14.9. The molecule has 0 saturated heterocycles. The Labute approximate surface area is 123 Å². The van der Waals surface area contributed by atoms with E-state index in [-0.39, 0.29) is 0 Å². The van der Waals surface area contributed by atoms with Crippen molar-refractivity contribution >= 4 is 0 Å². The quantitative estimate of drug-likeness (QED) is 0.836. The summed E-state index contributed by atoms with van der Waals surface area (Å²) in [6.07, 6.45) is 0. The van der Waals surface area contributed by atoms with Gasteiger partial charge >= 0.3 is 0 Å². The van der Waals surface area contributed by atoms with Crippen LogP contribution in [0.1, 0.15) is 40.8 Å². The molecule has 0 aromatic heterocycles. The fourth-order valence-corrected chi connectivity index (χ4v) is 2.75. The van der Waals surface area contributed by atoms with Crippen LogP contribution in [0.5, 0.6) is 0 Å². The molecule has 106 valence electrons. The topological polar surface area (TPSA) is 12.0 Å². The van der Waals surface area contributed by atoms with Crippen molar-refractivity contribution in [3.8, 4) is 11.1 Å². The molecule has 0 radical (unpaired) electrons. The predicted octanol–water partition coefficient (Wildman–Crippen LogP) is 4.87. The van der Waals surface area contributed by atoms with Crippen LogP contribution in [-0.4, -0.2) is 7.05 Å². The Morgan fingerprint density at radius 1 is 0.850 bits per heavy atom. The molecule has 1 unspecified atom stereocenters. The zero-order valence-electron chi connectivity index (χ0n) is 13.5. The van der Waals surface area contributed by atoms with Gasteiger partial charge in [-0.3, -0.25) is 0 Å². The van der Waals surface area contributed by atoms with Crippen molar-refractivity contribution in [3.63, 3.8) is 0 Å². The maximum Gasteiger partial charge on any atom is 0.0289 e. The van der Waals surface area contributed by atoms with Crippen LogP contribution < -0.4 is 5.32 Å². The minimum atomic E-state index is 0.394. The smallest absolute Gasteiger partial charge is 0.0289 e. The van der Waals surface area contributed by atoms with Gasteiger partial charge in [-0.2, -0.15) is 0 Å². The van der Waals surface area contributed by atoms with Crippen LogP contribution in [0.3, 0.4) is 0 Å². The number of benzene rings is 2. The molecule has 2 aromatic carbocycles. The third-order valence-electron chi connectivity index (χ3n) is 4.50. The van der Waals surface area contributed by atoms with Gasteiger partial charge in [-0.15, -0.1) is 0 Å². The van der Waals surface area contributed by atoms with Gasteiger partial charge in [-0.05, 0) is 80.6 Å². The summed E-state index contributed by atoms with van der Waals surface area (Å²) in [5.74, 6) is 0. The number of hydrogen-bond donors (Lipinski definition) is 1. The molecule has 2 rings (SSSR count). The molecule has 0 fully saturated rings. The van der Waals surface area contributed by atoms with Crippen LogP contribution in [0.15, 0.2) is 30.3 Å². The Morgan fingerprint density at radius 3 is 1.80 bits per heavy atom. The van der Waals surface area contributed by atoms with E-state index in [1.54, 1.807) is 0 Å². The Kier molecular flexibility index (Phi) is 4.29. The van der Waals surface area contributed by atoms with Gasteiger partial charge < -0.3 is 5.32 Å². The van der Waals surface area contributed by atoms with Crippen LogP contribution in [0.25, 0.3) is 11.1 Å². The minimum Gasteiger partial charge on any atom is -0.313 e. The lowest BCUT2D eigenvalue weighted by atomic mass is 9.89. The average molecular weight is 267 g/mol. The summed E-state index contributed by atoms with van der Waals surface area (Å²) in [5, 5.41) is 3.28. The lowest BCUT2D eigenvalue weighted by Gasteiger charge is -2.17. The molecule has 1 heteroatoms. The summed E-state index contributed by atoms with van der Waals surface area (Å²) >= 11 is 0. The lowest BCUT2D eigenvalue weighted by molar-refractivity contribution is 0.652. The van der Waals surface area contributed by atoms with E-state index in [2.05, 4.69) is 70.3 Å². The summed E-state index contributed by atoms with van der Waals surface area (Å²) in [4.78, 5) is 0. The van der Waals surface area contributed by atoms with Crippen molar-refractivity contribution in [1.29, 1.82) is 0 Å². The summed E-state index contributed by atoms with van der Waals surface area (Å²) in [6.45, 7) is 11.0. The van der Waals surface area contributed by atoms with Gasteiger partial charge in [0.2, 0.25) is 0 Å². The van der Waals surface area contributed by atoms with E-state index in [1.807, 2.05) is 7.05 Å². The van der Waals surface area contributed by atoms with Gasteiger partial charge in [-0.1, -0.05) is 30.3 Å². The molecule has 0 aliphatic heterocycles. The highest BCUT2D eigenvalue weighted by Crippen LogP contribution is 2.32. The molecule has 20 heavy (non-hydrogen) atoms. The molecular weight excluding hydrogens is 242 g/mol. The van der Waals surface area contributed by atoms with E-state index in [9.17, 15) is 0 Å². The number of hydrogen-bond acceptors (Lipinski definition) is 1. The van der Waals surface area contributed by atoms with Crippen molar-refractivity contribution in [3.05, 3.63) is 58.1 Å². The molecule has 1 N–H and O–H groups in total. The molecule has 0 bridgehead atoms. The van der Waals surface area contributed by atoms with Gasteiger partial charge in [0.25, 0.3) is 0 Å². The first-order chi connectivity index (χ1) is 9.45. The van der Waals surface area contributed by atoms with Gasteiger partial charge in [0.1, 0.15) is 0 Å². The van der Waals surface area contributed by atoms with Crippen molar-refractivity contribution in [2.75, 3.05) is 7.05 Å². The minimum absolute atomic E-state index is 0.394. The molecular formula is C19H25N. The molecule has 1 nitrogen and oxygen atoms in total. The van der Waals surface area contributed by atoms with E-state index in [0.717, 1.165) is 0 Å². The molecule has 0 aliphatic carbocycles. The SMILES string of the molecule is CNC(C)c1ccc(-c2c(C)c(C)cc(C)c2C)cc1. The van der Waals surface area contributed by atoms with Crippen LogP contribution in [-0.2, 0) is 0 Å². The van der Waals surface area contributed by atoms with Crippen molar-refractivity contribution in [2.24, 2.45) is 0 Å². The highest BCUT2D eigenvalue weighted by atomic mass is 14.8. The fraction of sp³-hybridized carbons (Fsp3) is 0.368. The predicted molar refractivity (Wildman–Crippen MR) is 88.3 cm³/mol. The largest absolute Gasteiger partial charge is 0.313 e. The third-order valence-corrected chi connectivity index (χ3v) is 4.50. The first-order valence-corrected chi connectivity index (χ1v) is 7.30. The maximum absolute atomic E-state index is 3.28. The number of rotatable bonds is 3. The first kappa shape index (κ1) is 14.8. The second-order valence-corrected chi connectivity index (χ2v) is 5.77. The molecule has 0 spiro atoms. The molecule has 0 saturated carbocycles. The Balaban J connectivity index is 2.52. The molecule has 0 amide bonds. The van der Waals surface area contributed by atoms with Crippen molar-refractivity contribution in [2.45, 2.75) is 40.7 Å². The summed E-state index contributed by atoms with van der Waals surface area (Å²) < 4.78 is 0. The van der Waals surface area contributed by atoms with Crippen molar-refractivity contribution < 1.29 is 0 Å². The lowest BCUT2D eigenvalue weighted by Crippen LogP contribution is -2.11. The van der Waals surface area contributed by atoms with E-state index in [0.29, 0.717) is 6.04 Å². The normalized spacial score (nSPS) is 12.5. The highest BCUT2D eigenvalue weighted by Gasteiger charge is 2.11. The van der Waals surface area contributed by atoms with Gasteiger partial charge in [0, 0.05) is 6.04 Å². The second-order valence-electron chi connectivity index (χ2n) is 5.77. The first-order valence-electron chi connectivity index (χ1n) is 7.30. The van der Waals surface area contributed by atoms with Gasteiger partial charge in [0.05, 0.1) is 0 Å². The van der Waals surface area contributed by atoms with Gasteiger partial charge in [0.15, 0.2) is 0 Å². The summed E-state index contributed by atoms with van der Waals surface area (Å²) in [5.41, 5.74) is 9.57. The Bertz CT molecular complexity index is 582. The number of aryl methyl sites for hydroxylation is 2. The monoisotopic (exact) mass is 267 g/mol. The van der Waals surface area contributed by atoms with Crippen LogP contribution in [0.4, 0.5) is 0 Å². The molecule has 0 heterocycles. The standard InChI is InChI=1S/C19H25N/c1-12-11-13(2)15(4)19(14(12)3)18-9-7-17(8-10-18)16(5)20-6/h7-11,16,20H,1-6H3. The molecule has 2 aromatic rings. The van der Waals surface area contributed by atoms with Crippen LogP contribution in [0, 0.1) is 27.7 Å². The van der Waals surface area contributed by atoms with E-state index < -0.39 is 0 Å². The van der Waals surface area contributed by atoms with E-state index in [4.69, 9.17) is 0 Å². The average Bonchev–Trinajstić information content (AvgIpc) is 2.45. The van der Waals surface area contributed by atoms with Crippen molar-refractivity contribution in [1.82, 2.24) is 5.32 Å². The highest BCUT2D eigenvalue weighted by molar-refractivity contribution is 5.73. The third kappa shape index (κ3) is 2.64. The van der Waals surface area contributed by atoms with Gasteiger partial charge in [-0.25, -0.2) is 0 Å². The number of nitrogens with one attached hydrogen (secondary N) is 1. The molecule has 0 aliphatic rings. The maximum atomic E-state index is 3.28. The second kappa shape index (κ2) is 5.80. The molecule has 1 atom stereocenters. The summed E-state index contributed by atoms with van der Waals surface area (Å²) in [7, 11) is 2.00. The summed E-state index contributed by atoms with van der Waals surface area (Å²) in [6, 6.07) is 11.6. The Morgan fingerprint density at radius 2 is 1.35 bits per heavy atom. The Hall–Kier alpha value is -1.60. The van der Waals surface area contributed by atoms with Crippen LogP contribution in [0.2, 0.25) is 0 Å². The van der Waals surface area contributed by atoms with E-state index in [1.165, 1.54) is 38.9 Å². The fourth-order valence-electron chi connectivity index (χ4n) is 2.75.